The SMILES string of the molecule is NNc1ncnc(NCCn2ccnn2)c1Br. The molecule has 0 fully saturated rings. The molecular weight excluding hydrogens is 288 g/mol. The number of hydrogen-bond donors (Lipinski definition) is 3. The lowest BCUT2D eigenvalue weighted by Crippen LogP contribution is -2.14. The zero-order valence-electron chi connectivity index (χ0n) is 8.84. The second-order valence-electron chi connectivity index (χ2n) is 3.12. The Morgan fingerprint density at radius 1 is 1.35 bits per heavy atom. The average Bonchev–Trinajstić information content (AvgIpc) is 2.84. The molecule has 0 saturated carbocycles. The molecule has 0 radical (unpaired) electrons. The second-order valence-corrected chi connectivity index (χ2v) is 3.92. The van der Waals surface area contributed by atoms with Gasteiger partial charge in [-0.15, -0.1) is 5.10 Å². The first-order valence-corrected chi connectivity index (χ1v) is 5.65. The molecular formula is C8H11BrN8. The minimum atomic E-state index is 0.531. The van der Waals surface area contributed by atoms with Gasteiger partial charge in [-0.3, -0.25) is 4.68 Å². The number of hydrazine groups is 1. The predicted molar refractivity (Wildman–Crippen MR) is 66.1 cm³/mol. The molecule has 2 aromatic heterocycles. The van der Waals surface area contributed by atoms with Crippen LogP contribution in [0, 0.1) is 0 Å². The van der Waals surface area contributed by atoms with Crippen LogP contribution >= 0.6 is 15.9 Å². The van der Waals surface area contributed by atoms with E-state index in [1.165, 1.54) is 6.33 Å². The molecule has 0 aliphatic heterocycles. The minimum absolute atomic E-state index is 0.531. The van der Waals surface area contributed by atoms with Gasteiger partial charge in [0.1, 0.15) is 16.6 Å². The first-order valence-electron chi connectivity index (χ1n) is 4.86. The maximum atomic E-state index is 5.30. The van der Waals surface area contributed by atoms with Crippen LogP contribution in [0.1, 0.15) is 0 Å². The molecule has 9 heteroatoms. The molecule has 0 atom stereocenters. The molecule has 17 heavy (non-hydrogen) atoms. The minimum Gasteiger partial charge on any atom is -0.367 e. The Morgan fingerprint density at radius 2 is 2.18 bits per heavy atom. The fourth-order valence-electron chi connectivity index (χ4n) is 1.23. The number of halogens is 1. The van der Waals surface area contributed by atoms with Gasteiger partial charge in [0.25, 0.3) is 0 Å². The Labute approximate surface area is 106 Å². The number of nitrogens with two attached hydrogens (primary N) is 1. The van der Waals surface area contributed by atoms with Crippen LogP contribution in [0.2, 0.25) is 0 Å². The Morgan fingerprint density at radius 3 is 2.88 bits per heavy atom. The molecule has 0 spiro atoms. The highest BCUT2D eigenvalue weighted by molar-refractivity contribution is 9.10. The number of aromatic nitrogens is 5. The molecule has 2 aromatic rings. The Balaban J connectivity index is 1.95. The highest BCUT2D eigenvalue weighted by Crippen LogP contribution is 2.25. The van der Waals surface area contributed by atoms with E-state index in [2.05, 4.69) is 47.0 Å². The van der Waals surface area contributed by atoms with Gasteiger partial charge in [-0.05, 0) is 15.9 Å². The van der Waals surface area contributed by atoms with Crippen LogP contribution in [-0.2, 0) is 6.54 Å². The van der Waals surface area contributed by atoms with Gasteiger partial charge in [-0.2, -0.15) is 0 Å². The first-order chi connectivity index (χ1) is 8.31. The zero-order chi connectivity index (χ0) is 12.1. The maximum absolute atomic E-state index is 5.30. The van der Waals surface area contributed by atoms with Gasteiger partial charge in [0, 0.05) is 12.7 Å². The molecule has 0 saturated heterocycles. The van der Waals surface area contributed by atoms with Crippen molar-refractivity contribution >= 4 is 27.6 Å². The van der Waals surface area contributed by atoms with E-state index in [1.54, 1.807) is 17.1 Å². The summed E-state index contributed by atoms with van der Waals surface area (Å²) in [4.78, 5) is 8.05. The number of nitrogens with one attached hydrogen (secondary N) is 2. The molecule has 4 N–H and O–H groups in total. The third kappa shape index (κ3) is 2.88. The topological polar surface area (TPSA) is 107 Å². The highest BCUT2D eigenvalue weighted by Gasteiger charge is 2.06. The molecule has 8 nitrogen and oxygen atoms in total. The van der Waals surface area contributed by atoms with Crippen LogP contribution in [-0.4, -0.2) is 31.5 Å². The third-order valence-corrected chi connectivity index (χ3v) is 2.78. The molecule has 0 aliphatic rings. The molecule has 0 aliphatic carbocycles. The normalized spacial score (nSPS) is 10.2. The quantitative estimate of drug-likeness (QED) is 0.536. The predicted octanol–water partition coefficient (Wildman–Crippen LogP) is 0.228. The van der Waals surface area contributed by atoms with Crippen molar-refractivity contribution in [3.8, 4) is 0 Å². The monoisotopic (exact) mass is 298 g/mol. The second kappa shape index (κ2) is 5.55. The first kappa shape index (κ1) is 11.7. The van der Waals surface area contributed by atoms with Crippen LogP contribution in [0.3, 0.4) is 0 Å². The van der Waals surface area contributed by atoms with E-state index in [9.17, 15) is 0 Å². The third-order valence-electron chi connectivity index (χ3n) is 2.03. The van der Waals surface area contributed by atoms with E-state index in [0.717, 1.165) is 0 Å². The van der Waals surface area contributed by atoms with Crippen molar-refractivity contribution in [1.82, 2.24) is 25.0 Å². The molecule has 0 aromatic carbocycles. The summed E-state index contributed by atoms with van der Waals surface area (Å²) < 4.78 is 2.42. The van der Waals surface area contributed by atoms with Gasteiger partial charge in [0.05, 0.1) is 12.7 Å². The molecule has 2 rings (SSSR count). The summed E-state index contributed by atoms with van der Waals surface area (Å²) in [5.74, 6) is 6.51. The van der Waals surface area contributed by atoms with E-state index in [1.807, 2.05) is 0 Å². The lowest BCUT2D eigenvalue weighted by molar-refractivity contribution is 0.608. The molecule has 2 heterocycles. The van der Waals surface area contributed by atoms with E-state index in [4.69, 9.17) is 5.84 Å². The zero-order valence-corrected chi connectivity index (χ0v) is 10.4. The van der Waals surface area contributed by atoms with Crippen LogP contribution < -0.4 is 16.6 Å². The summed E-state index contributed by atoms with van der Waals surface area (Å²) in [6.45, 7) is 1.37. The standard InChI is InChI=1S/C8H11BrN8/c9-6-7(12-5-13-8(6)15-10)11-1-3-17-4-2-14-16-17/h2,4-5H,1,3,10H2,(H2,11,12,13,15). The summed E-state index contributed by atoms with van der Waals surface area (Å²) >= 11 is 3.36. The van der Waals surface area contributed by atoms with Gasteiger partial charge in [-0.1, -0.05) is 5.21 Å². The summed E-state index contributed by atoms with van der Waals surface area (Å²) in [5.41, 5.74) is 2.47. The number of nitrogens with zero attached hydrogens (tertiary/aromatic N) is 5. The van der Waals surface area contributed by atoms with E-state index < -0.39 is 0 Å². The van der Waals surface area contributed by atoms with Crippen LogP contribution in [0.5, 0.6) is 0 Å². The summed E-state index contributed by atoms with van der Waals surface area (Å²) in [6, 6.07) is 0. The van der Waals surface area contributed by atoms with Crippen LogP contribution in [0.25, 0.3) is 0 Å². The number of nitrogen functional groups attached to an aromatic ring is 1. The van der Waals surface area contributed by atoms with Crippen molar-refractivity contribution in [3.05, 3.63) is 23.2 Å². The number of anilines is 2. The van der Waals surface area contributed by atoms with Crippen LogP contribution in [0.4, 0.5) is 11.6 Å². The summed E-state index contributed by atoms with van der Waals surface area (Å²) in [7, 11) is 0. The van der Waals surface area contributed by atoms with Crippen molar-refractivity contribution in [1.29, 1.82) is 0 Å². The van der Waals surface area contributed by atoms with Crippen molar-refractivity contribution in [3.63, 3.8) is 0 Å². The van der Waals surface area contributed by atoms with E-state index in [-0.39, 0.29) is 0 Å². The Bertz CT molecular complexity index is 470. The average molecular weight is 299 g/mol. The number of rotatable bonds is 5. The van der Waals surface area contributed by atoms with Gasteiger partial charge in [0.2, 0.25) is 0 Å². The van der Waals surface area contributed by atoms with Crippen molar-refractivity contribution in [2.45, 2.75) is 6.54 Å². The highest BCUT2D eigenvalue weighted by atomic mass is 79.9. The maximum Gasteiger partial charge on any atom is 0.159 e. The fourth-order valence-corrected chi connectivity index (χ4v) is 1.69. The van der Waals surface area contributed by atoms with Crippen molar-refractivity contribution < 1.29 is 0 Å². The smallest absolute Gasteiger partial charge is 0.159 e. The van der Waals surface area contributed by atoms with Gasteiger partial charge < -0.3 is 10.7 Å². The largest absolute Gasteiger partial charge is 0.367 e. The van der Waals surface area contributed by atoms with Gasteiger partial charge in [0.15, 0.2) is 5.82 Å². The molecule has 90 valence electrons. The molecule has 0 unspecified atom stereocenters. The molecule has 0 bridgehead atoms. The lowest BCUT2D eigenvalue weighted by Gasteiger charge is -2.09. The van der Waals surface area contributed by atoms with Crippen LogP contribution in [0.15, 0.2) is 23.2 Å². The lowest BCUT2D eigenvalue weighted by atomic mass is 10.5. The van der Waals surface area contributed by atoms with Crippen molar-refractivity contribution in [2.24, 2.45) is 5.84 Å². The summed E-state index contributed by atoms with van der Waals surface area (Å²) in [5, 5.41) is 10.7. The van der Waals surface area contributed by atoms with Crippen molar-refractivity contribution in [2.75, 3.05) is 17.3 Å². The van der Waals surface area contributed by atoms with Gasteiger partial charge in [-0.25, -0.2) is 15.8 Å². The summed E-state index contributed by atoms with van der Waals surface area (Å²) in [6.07, 6.45) is 4.86. The van der Waals surface area contributed by atoms with Gasteiger partial charge >= 0.3 is 0 Å². The fraction of sp³-hybridized carbons (Fsp3) is 0.250. The number of hydrogen-bond acceptors (Lipinski definition) is 7. The molecule has 0 amide bonds. The van der Waals surface area contributed by atoms with E-state index in [0.29, 0.717) is 29.2 Å². The Hall–Kier alpha value is -1.74. The Kier molecular flexibility index (Phi) is 3.83. The van der Waals surface area contributed by atoms with E-state index >= 15 is 0 Å².